The molecular formula is C20H26N4O3. The Labute approximate surface area is 158 Å². The maximum Gasteiger partial charge on any atom is 0.250 e. The van der Waals surface area contributed by atoms with Gasteiger partial charge in [0.05, 0.1) is 17.8 Å². The van der Waals surface area contributed by atoms with E-state index in [2.05, 4.69) is 15.2 Å². The van der Waals surface area contributed by atoms with Gasteiger partial charge in [-0.15, -0.1) is 0 Å². The van der Waals surface area contributed by atoms with Crippen molar-refractivity contribution < 1.29 is 9.90 Å². The minimum Gasteiger partial charge on any atom is -0.390 e. The molecule has 3 heterocycles. The van der Waals surface area contributed by atoms with Gasteiger partial charge in [0.15, 0.2) is 0 Å². The highest BCUT2D eigenvalue weighted by atomic mass is 16.3. The summed E-state index contributed by atoms with van der Waals surface area (Å²) in [6.07, 6.45) is 2.04. The van der Waals surface area contributed by atoms with Crippen molar-refractivity contribution in [2.24, 2.45) is 0 Å². The number of aryl methyl sites for hydroxylation is 1. The minimum absolute atomic E-state index is 0.106. The second-order valence-electron chi connectivity index (χ2n) is 6.99. The third kappa shape index (κ3) is 5.24. The molecular weight excluding hydrogens is 344 g/mol. The number of hydrogen-bond donors (Lipinski definition) is 2. The summed E-state index contributed by atoms with van der Waals surface area (Å²) >= 11 is 0. The third-order valence-corrected chi connectivity index (χ3v) is 4.95. The molecule has 7 nitrogen and oxygen atoms in total. The van der Waals surface area contributed by atoms with Crippen molar-refractivity contribution in [3.05, 3.63) is 64.3 Å². The molecule has 0 radical (unpaired) electrons. The van der Waals surface area contributed by atoms with Crippen LogP contribution in [0.1, 0.15) is 24.2 Å². The smallest absolute Gasteiger partial charge is 0.250 e. The van der Waals surface area contributed by atoms with E-state index in [0.29, 0.717) is 26.1 Å². The van der Waals surface area contributed by atoms with E-state index in [-0.39, 0.29) is 23.9 Å². The van der Waals surface area contributed by atoms with Gasteiger partial charge in [0.25, 0.3) is 5.56 Å². The van der Waals surface area contributed by atoms with Gasteiger partial charge in [0.2, 0.25) is 5.91 Å². The molecule has 1 saturated heterocycles. The molecule has 2 atom stereocenters. The number of aliphatic hydroxyl groups is 1. The second-order valence-corrected chi connectivity index (χ2v) is 6.99. The normalized spacial score (nSPS) is 20.4. The Morgan fingerprint density at radius 3 is 2.85 bits per heavy atom. The molecule has 0 saturated carbocycles. The average Bonchev–Trinajstić information content (AvgIpc) is 2.64. The molecule has 3 rings (SSSR count). The zero-order valence-electron chi connectivity index (χ0n) is 15.5. The van der Waals surface area contributed by atoms with E-state index < -0.39 is 6.10 Å². The first-order chi connectivity index (χ1) is 13.0. The van der Waals surface area contributed by atoms with Gasteiger partial charge < -0.3 is 15.0 Å². The second kappa shape index (κ2) is 8.92. The Morgan fingerprint density at radius 2 is 2.15 bits per heavy atom. The zero-order chi connectivity index (χ0) is 19.2. The summed E-state index contributed by atoms with van der Waals surface area (Å²) in [5, 5.41) is 13.3. The first-order valence-electron chi connectivity index (χ1n) is 9.29. The van der Waals surface area contributed by atoms with Crippen LogP contribution in [0.2, 0.25) is 0 Å². The maximum atomic E-state index is 12.3. The Kier molecular flexibility index (Phi) is 6.36. The number of pyridine rings is 2. The summed E-state index contributed by atoms with van der Waals surface area (Å²) in [7, 11) is 0. The van der Waals surface area contributed by atoms with Crippen molar-refractivity contribution in [3.8, 4) is 0 Å². The number of piperidine rings is 1. The first kappa shape index (κ1) is 19.3. The van der Waals surface area contributed by atoms with Crippen LogP contribution in [0.5, 0.6) is 0 Å². The van der Waals surface area contributed by atoms with Gasteiger partial charge in [-0.3, -0.25) is 19.5 Å². The van der Waals surface area contributed by atoms with Gasteiger partial charge in [-0.05, 0) is 31.5 Å². The van der Waals surface area contributed by atoms with Gasteiger partial charge in [-0.2, -0.15) is 0 Å². The topological polar surface area (TPSA) is 87.5 Å². The SMILES string of the molecule is Cc1cccc(=O)n1CCC(=O)N[C@@H]1CCN(Cc2ccccn2)C[C@H]1O. The Bertz CT molecular complexity index is 821. The molecule has 2 aromatic rings. The highest BCUT2D eigenvalue weighted by molar-refractivity contribution is 5.76. The molecule has 0 aromatic carbocycles. The highest BCUT2D eigenvalue weighted by Gasteiger charge is 2.28. The molecule has 27 heavy (non-hydrogen) atoms. The average molecular weight is 370 g/mol. The number of carbonyl (C=O) groups excluding carboxylic acids is 1. The van der Waals surface area contributed by atoms with Gasteiger partial charge in [0.1, 0.15) is 0 Å². The lowest BCUT2D eigenvalue weighted by atomic mass is 10.0. The fourth-order valence-corrected chi connectivity index (χ4v) is 3.43. The minimum atomic E-state index is -0.618. The van der Waals surface area contributed by atoms with Crippen molar-refractivity contribution in [2.45, 2.75) is 45.0 Å². The van der Waals surface area contributed by atoms with E-state index in [1.54, 1.807) is 16.8 Å². The number of hydrogen-bond acceptors (Lipinski definition) is 5. The molecule has 1 fully saturated rings. The van der Waals surface area contributed by atoms with E-state index in [1.165, 1.54) is 6.07 Å². The van der Waals surface area contributed by atoms with Crippen LogP contribution in [0.4, 0.5) is 0 Å². The van der Waals surface area contributed by atoms with Crippen molar-refractivity contribution in [1.82, 2.24) is 19.8 Å². The molecule has 1 amide bonds. The number of aliphatic hydroxyl groups excluding tert-OH is 1. The largest absolute Gasteiger partial charge is 0.390 e. The van der Waals surface area contributed by atoms with Crippen LogP contribution in [0.15, 0.2) is 47.4 Å². The predicted molar refractivity (Wildman–Crippen MR) is 102 cm³/mol. The van der Waals surface area contributed by atoms with Crippen LogP contribution in [-0.4, -0.2) is 50.7 Å². The van der Waals surface area contributed by atoms with Crippen LogP contribution < -0.4 is 10.9 Å². The number of β-amino-alcohol motifs (C(OH)–C–C–N with tert-alkyl or cyclic N) is 1. The number of nitrogens with zero attached hydrogens (tertiary/aromatic N) is 3. The van der Waals surface area contributed by atoms with Gasteiger partial charge in [-0.1, -0.05) is 12.1 Å². The van der Waals surface area contributed by atoms with Crippen LogP contribution in [0.25, 0.3) is 0 Å². The van der Waals surface area contributed by atoms with E-state index in [0.717, 1.165) is 17.9 Å². The lowest BCUT2D eigenvalue weighted by Crippen LogP contribution is -2.53. The molecule has 0 spiro atoms. The standard InChI is InChI=1S/C20H26N4O3/c1-15-5-4-7-20(27)24(15)12-9-19(26)22-17-8-11-23(14-18(17)25)13-16-6-2-3-10-21-16/h2-7,10,17-18,25H,8-9,11-14H2,1H3,(H,22,26)/t17-,18-/m1/s1. The molecule has 2 N–H and O–H groups in total. The third-order valence-electron chi connectivity index (χ3n) is 4.95. The summed E-state index contributed by atoms with van der Waals surface area (Å²) < 4.78 is 1.59. The lowest BCUT2D eigenvalue weighted by Gasteiger charge is -2.36. The van der Waals surface area contributed by atoms with Crippen molar-refractivity contribution in [2.75, 3.05) is 13.1 Å². The predicted octanol–water partition coefficient (Wildman–Crippen LogP) is 0.693. The molecule has 2 aromatic heterocycles. The van der Waals surface area contributed by atoms with E-state index in [4.69, 9.17) is 0 Å². The number of likely N-dealkylation sites (tertiary alicyclic amines) is 1. The van der Waals surface area contributed by atoms with Crippen LogP contribution in [0.3, 0.4) is 0 Å². The van der Waals surface area contributed by atoms with Crippen molar-refractivity contribution >= 4 is 5.91 Å². The van der Waals surface area contributed by atoms with E-state index >= 15 is 0 Å². The fourth-order valence-electron chi connectivity index (χ4n) is 3.43. The molecule has 7 heteroatoms. The summed E-state index contributed by atoms with van der Waals surface area (Å²) in [6, 6.07) is 10.6. The number of rotatable bonds is 6. The maximum absolute atomic E-state index is 12.3. The monoisotopic (exact) mass is 370 g/mol. The number of amides is 1. The van der Waals surface area contributed by atoms with Crippen molar-refractivity contribution in [1.29, 1.82) is 0 Å². The molecule has 144 valence electrons. The molecule has 0 unspecified atom stereocenters. The fraction of sp³-hybridized carbons (Fsp3) is 0.450. The molecule has 0 aliphatic carbocycles. The highest BCUT2D eigenvalue weighted by Crippen LogP contribution is 2.14. The number of nitrogens with one attached hydrogen (secondary N) is 1. The first-order valence-corrected chi connectivity index (χ1v) is 9.29. The summed E-state index contributed by atoms with van der Waals surface area (Å²) in [5.41, 5.74) is 1.69. The van der Waals surface area contributed by atoms with Crippen LogP contribution >= 0.6 is 0 Å². The summed E-state index contributed by atoms with van der Waals surface area (Å²) in [5.74, 6) is -0.146. The molecule has 1 aliphatic rings. The number of carbonyl (C=O) groups is 1. The quantitative estimate of drug-likeness (QED) is 0.781. The van der Waals surface area contributed by atoms with Gasteiger partial charge in [-0.25, -0.2) is 0 Å². The van der Waals surface area contributed by atoms with Gasteiger partial charge in [0, 0.05) is 50.6 Å². The Balaban J connectivity index is 1.47. The van der Waals surface area contributed by atoms with Crippen molar-refractivity contribution in [3.63, 3.8) is 0 Å². The lowest BCUT2D eigenvalue weighted by molar-refractivity contribution is -0.123. The van der Waals surface area contributed by atoms with E-state index in [1.807, 2.05) is 31.2 Å². The Morgan fingerprint density at radius 1 is 1.30 bits per heavy atom. The number of aromatic nitrogens is 2. The van der Waals surface area contributed by atoms with E-state index in [9.17, 15) is 14.7 Å². The zero-order valence-corrected chi connectivity index (χ0v) is 15.5. The summed E-state index contributed by atoms with van der Waals surface area (Å²) in [4.78, 5) is 30.6. The Hall–Kier alpha value is -2.51. The van der Waals surface area contributed by atoms with Crippen LogP contribution in [0, 0.1) is 6.92 Å². The molecule has 1 aliphatic heterocycles. The molecule has 0 bridgehead atoms. The van der Waals surface area contributed by atoms with Crippen LogP contribution in [-0.2, 0) is 17.9 Å². The van der Waals surface area contributed by atoms with Gasteiger partial charge >= 0.3 is 0 Å². The summed E-state index contributed by atoms with van der Waals surface area (Å²) in [6.45, 7) is 4.16.